The number of aromatic nitrogens is 2. The van der Waals surface area contributed by atoms with Crippen LogP contribution in [0.4, 0.5) is 14.9 Å². The van der Waals surface area contributed by atoms with Crippen molar-refractivity contribution >= 4 is 21.7 Å². The van der Waals surface area contributed by atoms with E-state index in [0.29, 0.717) is 36.2 Å². The van der Waals surface area contributed by atoms with E-state index in [1.54, 1.807) is 7.05 Å². The molecule has 8 nitrogen and oxygen atoms in total. The molecule has 0 atom stereocenters. The summed E-state index contributed by atoms with van der Waals surface area (Å²) >= 11 is 0. The number of urea groups is 1. The monoisotopic (exact) mass is 467 g/mol. The third kappa shape index (κ3) is 6.52. The highest BCUT2D eigenvalue weighted by Crippen LogP contribution is 2.26. The Morgan fingerprint density at radius 1 is 1.06 bits per heavy atom. The Balaban J connectivity index is 2.24. The third-order valence-corrected chi connectivity index (χ3v) is 6.48. The van der Waals surface area contributed by atoms with Gasteiger partial charge in [-0.1, -0.05) is 40.5 Å². The maximum atomic E-state index is 14.0. The molecule has 0 aliphatic rings. The molecule has 2 N–H and O–H groups in total. The number of nitrogens with one attached hydrogen (secondary N) is 2. The maximum Gasteiger partial charge on any atom is 0.333 e. The average Bonchev–Trinajstić information content (AvgIpc) is 3.10. The zero-order valence-corrected chi connectivity index (χ0v) is 20.4. The van der Waals surface area contributed by atoms with Crippen molar-refractivity contribution in [3.05, 3.63) is 40.8 Å². The Bertz CT molecular complexity index is 1010. The molecule has 32 heavy (non-hydrogen) atoms. The van der Waals surface area contributed by atoms with Crippen molar-refractivity contribution < 1.29 is 17.6 Å². The van der Waals surface area contributed by atoms with Crippen LogP contribution in [0.15, 0.2) is 23.2 Å². The molecule has 0 aliphatic heterocycles. The third-order valence-electron chi connectivity index (χ3n) is 5.28. The molecule has 2 amide bonds. The van der Waals surface area contributed by atoms with Crippen molar-refractivity contribution in [2.24, 2.45) is 7.05 Å². The fourth-order valence-electron chi connectivity index (χ4n) is 3.56. The number of anilines is 1. The highest BCUT2D eigenvalue weighted by Gasteiger charge is 2.24. The second kappa shape index (κ2) is 11.4. The molecule has 0 radical (unpaired) electrons. The van der Waals surface area contributed by atoms with E-state index in [0.717, 1.165) is 31.6 Å². The first kappa shape index (κ1) is 25.8. The molecule has 2 aromatic rings. The van der Waals surface area contributed by atoms with E-state index in [1.807, 2.05) is 32.4 Å². The van der Waals surface area contributed by atoms with Crippen LogP contribution >= 0.6 is 0 Å². The predicted octanol–water partition coefficient (Wildman–Crippen LogP) is 3.82. The summed E-state index contributed by atoms with van der Waals surface area (Å²) in [5, 5.41) is 6.49. The lowest BCUT2D eigenvalue weighted by Gasteiger charge is -2.17. The molecule has 1 aromatic heterocycles. The summed E-state index contributed by atoms with van der Waals surface area (Å²) in [6, 6.07) is 3.33. The highest BCUT2D eigenvalue weighted by molar-refractivity contribution is 7.90. The second-order valence-corrected chi connectivity index (χ2v) is 9.35. The van der Waals surface area contributed by atoms with Gasteiger partial charge in [0.2, 0.25) is 0 Å². The van der Waals surface area contributed by atoms with Crippen molar-refractivity contribution in [3.8, 4) is 0 Å². The molecule has 2 rings (SSSR count). The van der Waals surface area contributed by atoms with Crippen molar-refractivity contribution in [1.82, 2.24) is 19.4 Å². The molecular formula is C22H34FN5O3S. The smallest absolute Gasteiger partial charge is 0.307 e. The van der Waals surface area contributed by atoms with Gasteiger partial charge in [0, 0.05) is 25.3 Å². The summed E-state index contributed by atoms with van der Waals surface area (Å²) in [4.78, 5) is 14.8. The molecule has 0 unspecified atom stereocenters. The van der Waals surface area contributed by atoms with Gasteiger partial charge in [-0.2, -0.15) is 13.5 Å². The number of hydrogen-bond acceptors (Lipinski definition) is 5. The van der Waals surface area contributed by atoms with Crippen molar-refractivity contribution in [3.63, 3.8) is 0 Å². The Labute approximate surface area is 190 Å². The van der Waals surface area contributed by atoms with Crippen molar-refractivity contribution in [1.29, 1.82) is 0 Å². The number of aryl methyl sites for hydroxylation is 3. The summed E-state index contributed by atoms with van der Waals surface area (Å²) in [6.45, 7) is 10.2. The minimum absolute atomic E-state index is 0.223. The zero-order chi connectivity index (χ0) is 23.9. The van der Waals surface area contributed by atoms with Crippen LogP contribution < -0.4 is 10.0 Å². The van der Waals surface area contributed by atoms with Crippen LogP contribution in [0, 0.1) is 5.82 Å². The lowest BCUT2D eigenvalue weighted by atomic mass is 10.00. The molecule has 0 bridgehead atoms. The zero-order valence-electron chi connectivity index (χ0n) is 19.5. The molecule has 0 fully saturated rings. The molecule has 10 heteroatoms. The van der Waals surface area contributed by atoms with E-state index < -0.39 is 16.1 Å². The van der Waals surface area contributed by atoms with Gasteiger partial charge in [0.15, 0.2) is 5.03 Å². The maximum absolute atomic E-state index is 14.0. The quantitative estimate of drug-likeness (QED) is 0.524. The molecule has 0 saturated carbocycles. The summed E-state index contributed by atoms with van der Waals surface area (Å²) in [5.74, 6) is -0.371. The standard InChI is InChI=1S/C22H34FN5O3S/c1-6-10-16-12-18(23)13-17(11-7-2)21(16)24-22(29)26-32(30,31)20-14-19(27(5)25-20)15-28(8-3)9-4/h12-14H,6-11,15H2,1-5H3,(H2,24,26,29). The van der Waals surface area contributed by atoms with E-state index in [4.69, 9.17) is 0 Å². The lowest BCUT2D eigenvalue weighted by Crippen LogP contribution is -2.35. The fraction of sp³-hybridized carbons (Fsp3) is 0.545. The topological polar surface area (TPSA) is 96.3 Å². The largest absolute Gasteiger partial charge is 0.333 e. The number of amides is 2. The van der Waals surface area contributed by atoms with Gasteiger partial charge in [-0.25, -0.2) is 13.9 Å². The van der Waals surface area contributed by atoms with Gasteiger partial charge in [-0.3, -0.25) is 9.58 Å². The number of benzene rings is 1. The number of carbonyl (C=O) groups excluding carboxylic acids is 1. The first-order valence-corrected chi connectivity index (χ1v) is 12.5. The molecule has 0 saturated heterocycles. The van der Waals surface area contributed by atoms with E-state index in [-0.39, 0.29) is 10.8 Å². The van der Waals surface area contributed by atoms with E-state index in [9.17, 15) is 17.6 Å². The predicted molar refractivity (Wildman–Crippen MR) is 124 cm³/mol. The van der Waals surface area contributed by atoms with E-state index >= 15 is 0 Å². The van der Waals surface area contributed by atoms with Crippen LogP contribution in [-0.2, 0) is 36.5 Å². The van der Waals surface area contributed by atoms with E-state index in [2.05, 4.69) is 15.3 Å². The molecule has 0 aliphatic carbocycles. The number of hydrogen-bond donors (Lipinski definition) is 2. The number of sulfonamides is 1. The molecular weight excluding hydrogens is 433 g/mol. The van der Waals surface area contributed by atoms with Crippen LogP contribution in [0.25, 0.3) is 0 Å². The van der Waals surface area contributed by atoms with Gasteiger partial charge >= 0.3 is 6.03 Å². The normalized spacial score (nSPS) is 11.7. The Hall–Kier alpha value is -2.46. The van der Waals surface area contributed by atoms with Crippen LogP contribution in [-0.4, -0.2) is 42.2 Å². The van der Waals surface area contributed by atoms with Crippen molar-refractivity contribution in [2.45, 2.75) is 64.9 Å². The van der Waals surface area contributed by atoms with Crippen molar-refractivity contribution in [2.75, 3.05) is 18.4 Å². The van der Waals surface area contributed by atoms with Gasteiger partial charge < -0.3 is 5.32 Å². The second-order valence-electron chi connectivity index (χ2n) is 7.72. The number of nitrogens with zero attached hydrogens (tertiary/aromatic N) is 3. The lowest BCUT2D eigenvalue weighted by molar-refractivity contribution is 0.256. The first-order valence-electron chi connectivity index (χ1n) is 11.0. The Kier molecular flexibility index (Phi) is 9.21. The average molecular weight is 468 g/mol. The molecule has 0 spiro atoms. The highest BCUT2D eigenvalue weighted by atomic mass is 32.2. The molecule has 1 heterocycles. The van der Waals surface area contributed by atoms with Gasteiger partial charge in [-0.15, -0.1) is 0 Å². The number of halogens is 1. The summed E-state index contributed by atoms with van der Waals surface area (Å²) < 4.78 is 43.1. The van der Waals surface area contributed by atoms with Crippen LogP contribution in [0.5, 0.6) is 0 Å². The first-order chi connectivity index (χ1) is 15.1. The minimum Gasteiger partial charge on any atom is -0.307 e. The number of rotatable bonds is 11. The van der Waals surface area contributed by atoms with Crippen LogP contribution in [0.3, 0.4) is 0 Å². The van der Waals surface area contributed by atoms with Gasteiger partial charge in [0.25, 0.3) is 10.0 Å². The molecule has 1 aromatic carbocycles. The summed E-state index contributed by atoms with van der Waals surface area (Å²) in [7, 11) is -2.50. The summed E-state index contributed by atoms with van der Waals surface area (Å²) in [6.07, 6.45) is 2.64. The van der Waals surface area contributed by atoms with Crippen LogP contribution in [0.1, 0.15) is 57.4 Å². The SMILES string of the molecule is CCCc1cc(F)cc(CCC)c1NC(=O)NS(=O)(=O)c1cc(CN(CC)CC)n(C)n1. The number of carbonyl (C=O) groups is 1. The molecule has 178 valence electrons. The Morgan fingerprint density at radius 2 is 1.62 bits per heavy atom. The van der Waals surface area contributed by atoms with E-state index in [1.165, 1.54) is 22.9 Å². The Morgan fingerprint density at radius 3 is 2.12 bits per heavy atom. The summed E-state index contributed by atoms with van der Waals surface area (Å²) in [5.41, 5.74) is 2.47. The van der Waals surface area contributed by atoms with Gasteiger partial charge in [-0.05, 0) is 49.2 Å². The van der Waals surface area contributed by atoms with Gasteiger partial charge in [0.1, 0.15) is 5.82 Å². The van der Waals surface area contributed by atoms with Crippen LogP contribution in [0.2, 0.25) is 0 Å². The minimum atomic E-state index is -4.18. The fourth-order valence-corrected chi connectivity index (χ4v) is 4.49. The van der Waals surface area contributed by atoms with Gasteiger partial charge in [0.05, 0.1) is 5.69 Å².